The third-order valence-corrected chi connectivity index (χ3v) is 3.13. The van der Waals surface area contributed by atoms with Crippen LogP contribution in [0.15, 0.2) is 53.4 Å². The number of rotatable bonds is 4. The molecule has 0 aliphatic carbocycles. The van der Waals surface area contributed by atoms with E-state index in [1.807, 2.05) is 36.4 Å². The van der Waals surface area contributed by atoms with Crippen LogP contribution in [0.2, 0.25) is 0 Å². The first-order chi connectivity index (χ1) is 9.20. The predicted molar refractivity (Wildman–Crippen MR) is 77.9 cm³/mol. The van der Waals surface area contributed by atoms with Crippen molar-refractivity contribution in [2.75, 3.05) is 7.11 Å². The molecule has 4 heteroatoms. The third kappa shape index (κ3) is 3.51. The number of methoxy groups -OCH3 is 1. The van der Waals surface area contributed by atoms with E-state index >= 15 is 0 Å². The van der Waals surface area contributed by atoms with Crippen molar-refractivity contribution >= 4 is 18.5 Å². The van der Waals surface area contributed by atoms with E-state index in [-0.39, 0.29) is 5.91 Å². The fourth-order valence-electron chi connectivity index (χ4n) is 1.73. The molecule has 1 N–H and O–H groups in total. The lowest BCUT2D eigenvalue weighted by Gasteiger charge is -2.08. The molecule has 3 nitrogen and oxygen atoms in total. The quantitative estimate of drug-likeness (QED) is 0.841. The van der Waals surface area contributed by atoms with Gasteiger partial charge in [0, 0.05) is 11.4 Å². The first kappa shape index (κ1) is 13.5. The lowest BCUT2D eigenvalue weighted by atomic mass is 10.2. The zero-order valence-corrected chi connectivity index (χ0v) is 11.5. The number of amides is 1. The number of carbonyl (C=O) groups excluding carboxylic acids is 1. The Labute approximate surface area is 118 Å². The summed E-state index contributed by atoms with van der Waals surface area (Å²) in [5.41, 5.74) is 1.57. The topological polar surface area (TPSA) is 38.3 Å². The van der Waals surface area contributed by atoms with Crippen molar-refractivity contribution in [1.82, 2.24) is 5.32 Å². The van der Waals surface area contributed by atoms with Gasteiger partial charge in [0.1, 0.15) is 5.75 Å². The Morgan fingerprint density at radius 1 is 1.21 bits per heavy atom. The van der Waals surface area contributed by atoms with Gasteiger partial charge in [-0.25, -0.2) is 0 Å². The minimum absolute atomic E-state index is 0.131. The van der Waals surface area contributed by atoms with Crippen LogP contribution in [0.25, 0.3) is 0 Å². The molecule has 0 saturated carbocycles. The van der Waals surface area contributed by atoms with Gasteiger partial charge in [0.25, 0.3) is 5.91 Å². The van der Waals surface area contributed by atoms with Gasteiger partial charge in [-0.15, -0.1) is 12.6 Å². The van der Waals surface area contributed by atoms with Crippen LogP contribution in [0.1, 0.15) is 15.9 Å². The molecule has 0 aliphatic rings. The second-order valence-electron chi connectivity index (χ2n) is 4.05. The molecule has 0 aliphatic heterocycles. The smallest absolute Gasteiger partial charge is 0.252 e. The molecule has 0 saturated heterocycles. The molecule has 2 aromatic rings. The largest absolute Gasteiger partial charge is 0.497 e. The lowest BCUT2D eigenvalue weighted by Crippen LogP contribution is -2.23. The highest BCUT2D eigenvalue weighted by Crippen LogP contribution is 2.14. The van der Waals surface area contributed by atoms with Crippen molar-refractivity contribution in [3.8, 4) is 5.75 Å². The highest BCUT2D eigenvalue weighted by Gasteiger charge is 2.08. The lowest BCUT2D eigenvalue weighted by molar-refractivity contribution is 0.0948. The molecule has 0 unspecified atom stereocenters. The molecule has 2 aromatic carbocycles. The van der Waals surface area contributed by atoms with E-state index < -0.39 is 0 Å². The highest BCUT2D eigenvalue weighted by molar-refractivity contribution is 7.80. The number of hydrogen-bond donors (Lipinski definition) is 2. The monoisotopic (exact) mass is 273 g/mol. The van der Waals surface area contributed by atoms with Crippen LogP contribution in [0.5, 0.6) is 5.75 Å². The van der Waals surface area contributed by atoms with Crippen molar-refractivity contribution in [1.29, 1.82) is 0 Å². The van der Waals surface area contributed by atoms with E-state index in [1.54, 1.807) is 19.2 Å². The van der Waals surface area contributed by atoms with Crippen LogP contribution in [0.4, 0.5) is 0 Å². The predicted octanol–water partition coefficient (Wildman–Crippen LogP) is 2.91. The zero-order chi connectivity index (χ0) is 13.7. The molecule has 98 valence electrons. The molecule has 0 fully saturated rings. The molecule has 0 spiro atoms. The van der Waals surface area contributed by atoms with Crippen molar-refractivity contribution in [2.24, 2.45) is 0 Å². The summed E-state index contributed by atoms with van der Waals surface area (Å²) in [5, 5.41) is 2.86. The van der Waals surface area contributed by atoms with Gasteiger partial charge in [0.05, 0.1) is 12.7 Å². The van der Waals surface area contributed by atoms with Gasteiger partial charge in [-0.05, 0) is 29.8 Å². The highest BCUT2D eigenvalue weighted by atomic mass is 32.1. The summed E-state index contributed by atoms with van der Waals surface area (Å²) in [6.45, 7) is 0.456. The van der Waals surface area contributed by atoms with Gasteiger partial charge in [-0.3, -0.25) is 4.79 Å². The fraction of sp³-hybridized carbons (Fsp3) is 0.133. The number of nitrogens with one attached hydrogen (secondary N) is 1. The van der Waals surface area contributed by atoms with Crippen LogP contribution in [0, 0.1) is 0 Å². The number of carbonyl (C=O) groups is 1. The maximum Gasteiger partial charge on any atom is 0.252 e. The van der Waals surface area contributed by atoms with E-state index in [0.29, 0.717) is 17.0 Å². The summed E-state index contributed by atoms with van der Waals surface area (Å²) in [7, 11) is 1.62. The van der Waals surface area contributed by atoms with Crippen molar-refractivity contribution in [3.05, 3.63) is 59.7 Å². The summed E-state index contributed by atoms with van der Waals surface area (Å²) >= 11 is 4.27. The average Bonchev–Trinajstić information content (AvgIpc) is 2.45. The number of thiol groups is 1. The molecular weight excluding hydrogens is 258 g/mol. The molecule has 2 rings (SSSR count). The average molecular weight is 273 g/mol. The Hall–Kier alpha value is -1.94. The molecule has 0 atom stereocenters. The molecule has 0 heterocycles. The third-order valence-electron chi connectivity index (χ3n) is 2.74. The van der Waals surface area contributed by atoms with Gasteiger partial charge < -0.3 is 10.1 Å². The van der Waals surface area contributed by atoms with Crippen LogP contribution >= 0.6 is 12.6 Å². The fourth-order valence-corrected chi connectivity index (χ4v) is 1.99. The van der Waals surface area contributed by atoms with Gasteiger partial charge >= 0.3 is 0 Å². The number of hydrogen-bond acceptors (Lipinski definition) is 3. The van der Waals surface area contributed by atoms with Gasteiger partial charge in [-0.2, -0.15) is 0 Å². The molecule has 19 heavy (non-hydrogen) atoms. The molecule has 0 bridgehead atoms. The van der Waals surface area contributed by atoms with E-state index in [2.05, 4.69) is 17.9 Å². The van der Waals surface area contributed by atoms with Gasteiger partial charge in [0.2, 0.25) is 0 Å². The van der Waals surface area contributed by atoms with E-state index in [9.17, 15) is 4.79 Å². The maximum atomic E-state index is 12.0. The first-order valence-corrected chi connectivity index (χ1v) is 6.34. The second kappa shape index (κ2) is 6.29. The van der Waals surface area contributed by atoms with Crippen molar-refractivity contribution in [2.45, 2.75) is 11.4 Å². The number of benzene rings is 2. The Balaban J connectivity index is 2.02. The standard InChI is InChI=1S/C15H15NO2S/c1-18-12-6-4-5-11(9-12)10-16-15(17)13-7-2-3-8-14(13)19/h2-9,19H,10H2,1H3,(H,16,17). The summed E-state index contributed by atoms with van der Waals surface area (Å²) in [6, 6.07) is 14.8. The van der Waals surface area contributed by atoms with Crippen LogP contribution in [0.3, 0.4) is 0 Å². The summed E-state index contributed by atoms with van der Waals surface area (Å²) in [4.78, 5) is 12.7. The van der Waals surface area contributed by atoms with E-state index in [0.717, 1.165) is 11.3 Å². The molecule has 0 radical (unpaired) electrons. The summed E-state index contributed by atoms with van der Waals surface area (Å²) in [6.07, 6.45) is 0. The van der Waals surface area contributed by atoms with E-state index in [1.165, 1.54) is 0 Å². The van der Waals surface area contributed by atoms with Crippen molar-refractivity contribution < 1.29 is 9.53 Å². The molecule has 1 amide bonds. The minimum atomic E-state index is -0.131. The van der Waals surface area contributed by atoms with E-state index in [4.69, 9.17) is 4.74 Å². The Bertz CT molecular complexity index is 584. The maximum absolute atomic E-state index is 12.0. The van der Waals surface area contributed by atoms with Crippen molar-refractivity contribution in [3.63, 3.8) is 0 Å². The normalized spacial score (nSPS) is 10.0. The minimum Gasteiger partial charge on any atom is -0.497 e. The second-order valence-corrected chi connectivity index (χ2v) is 4.53. The zero-order valence-electron chi connectivity index (χ0n) is 10.6. The SMILES string of the molecule is COc1cccc(CNC(=O)c2ccccc2S)c1. The Kier molecular flexibility index (Phi) is 4.47. The van der Waals surface area contributed by atoms with Gasteiger partial charge in [0.15, 0.2) is 0 Å². The van der Waals surface area contributed by atoms with Crippen LogP contribution < -0.4 is 10.1 Å². The Morgan fingerprint density at radius 3 is 2.74 bits per heavy atom. The number of ether oxygens (including phenoxy) is 1. The van der Waals surface area contributed by atoms with Crippen LogP contribution in [-0.2, 0) is 6.54 Å². The summed E-state index contributed by atoms with van der Waals surface area (Å²) in [5.74, 6) is 0.648. The Morgan fingerprint density at radius 2 is 2.00 bits per heavy atom. The molecular formula is C15H15NO2S. The van der Waals surface area contributed by atoms with Gasteiger partial charge in [-0.1, -0.05) is 24.3 Å². The summed E-state index contributed by atoms with van der Waals surface area (Å²) < 4.78 is 5.14. The van der Waals surface area contributed by atoms with Crippen LogP contribution in [-0.4, -0.2) is 13.0 Å². The molecule has 0 aromatic heterocycles. The first-order valence-electron chi connectivity index (χ1n) is 5.90.